The van der Waals surface area contributed by atoms with Gasteiger partial charge in [0.05, 0.1) is 0 Å². The van der Waals surface area contributed by atoms with E-state index in [1.165, 1.54) is 0 Å². The molecular formula is C17H13N5O2. The molecule has 24 heavy (non-hydrogen) atoms. The molecule has 2 aromatic heterocycles. The molecule has 0 bridgehead atoms. The van der Waals surface area contributed by atoms with Crippen molar-refractivity contribution in [1.29, 1.82) is 0 Å². The molecule has 4 aromatic rings. The van der Waals surface area contributed by atoms with Crippen LogP contribution >= 0.6 is 0 Å². The van der Waals surface area contributed by atoms with Gasteiger partial charge in [-0.1, -0.05) is 35.4 Å². The van der Waals surface area contributed by atoms with Gasteiger partial charge in [0.1, 0.15) is 5.69 Å². The summed E-state index contributed by atoms with van der Waals surface area (Å²) in [4.78, 5) is 12.4. The van der Waals surface area contributed by atoms with E-state index in [9.17, 15) is 4.79 Å². The predicted molar refractivity (Wildman–Crippen MR) is 88.4 cm³/mol. The lowest BCUT2D eigenvalue weighted by atomic mass is 10.1. The zero-order valence-corrected chi connectivity index (χ0v) is 12.8. The van der Waals surface area contributed by atoms with Gasteiger partial charge in [-0.3, -0.25) is 14.8 Å². The monoisotopic (exact) mass is 319 g/mol. The third-order valence-corrected chi connectivity index (χ3v) is 3.70. The van der Waals surface area contributed by atoms with Crippen LogP contribution in [0, 0.1) is 0 Å². The van der Waals surface area contributed by atoms with Crippen LogP contribution in [0.1, 0.15) is 10.4 Å². The van der Waals surface area contributed by atoms with Gasteiger partial charge in [-0.25, -0.2) is 0 Å². The maximum Gasteiger partial charge on any atom is 0.322 e. The fourth-order valence-electron chi connectivity index (χ4n) is 2.46. The second kappa shape index (κ2) is 5.62. The van der Waals surface area contributed by atoms with Crippen LogP contribution in [0.15, 0.2) is 59.1 Å². The van der Waals surface area contributed by atoms with Gasteiger partial charge in [0, 0.05) is 18.8 Å². The Kier molecular flexibility index (Phi) is 3.31. The van der Waals surface area contributed by atoms with Gasteiger partial charge in [0.25, 0.3) is 11.8 Å². The molecule has 0 aliphatic rings. The molecule has 2 heterocycles. The Morgan fingerprint density at radius 1 is 1.08 bits per heavy atom. The summed E-state index contributed by atoms with van der Waals surface area (Å²) < 4.78 is 7.09. The van der Waals surface area contributed by atoms with Gasteiger partial charge >= 0.3 is 6.01 Å². The smallest absolute Gasteiger partial charge is 0.322 e. The number of hydrogen-bond donors (Lipinski definition) is 1. The van der Waals surface area contributed by atoms with Crippen molar-refractivity contribution >= 4 is 22.7 Å². The van der Waals surface area contributed by atoms with E-state index < -0.39 is 0 Å². The number of aryl methyl sites for hydroxylation is 1. The minimum absolute atomic E-state index is 0.0457. The molecule has 1 N–H and O–H groups in total. The number of carbonyl (C=O) groups is 1. The van der Waals surface area contributed by atoms with Gasteiger partial charge < -0.3 is 4.42 Å². The number of benzene rings is 2. The highest BCUT2D eigenvalue weighted by Gasteiger charge is 2.14. The van der Waals surface area contributed by atoms with E-state index in [1.807, 2.05) is 36.4 Å². The van der Waals surface area contributed by atoms with Crippen LogP contribution in [-0.4, -0.2) is 25.9 Å². The molecule has 7 nitrogen and oxygen atoms in total. The lowest BCUT2D eigenvalue weighted by Crippen LogP contribution is -2.12. The lowest BCUT2D eigenvalue weighted by Gasteiger charge is -2.03. The van der Waals surface area contributed by atoms with Crippen LogP contribution < -0.4 is 5.32 Å². The number of hydrogen-bond acceptors (Lipinski definition) is 5. The summed E-state index contributed by atoms with van der Waals surface area (Å²) >= 11 is 0. The average Bonchev–Trinajstić information content (AvgIpc) is 3.23. The Balaban J connectivity index is 1.57. The predicted octanol–water partition coefficient (Wildman–Crippen LogP) is 2.88. The molecular weight excluding hydrogens is 306 g/mol. The number of rotatable bonds is 3. The van der Waals surface area contributed by atoms with Crippen molar-refractivity contribution < 1.29 is 9.21 Å². The quantitative estimate of drug-likeness (QED) is 0.627. The Morgan fingerprint density at radius 2 is 1.92 bits per heavy atom. The molecule has 0 aliphatic carbocycles. The van der Waals surface area contributed by atoms with Gasteiger partial charge in [0.15, 0.2) is 0 Å². The van der Waals surface area contributed by atoms with Crippen LogP contribution in [0.25, 0.3) is 22.4 Å². The molecule has 0 saturated carbocycles. The molecule has 7 heteroatoms. The van der Waals surface area contributed by atoms with Crippen molar-refractivity contribution in [2.75, 3.05) is 5.32 Å². The SMILES string of the molecule is Cn1nccc1-c1nnc(NC(=O)c2ccc3ccccc3c2)o1. The largest absolute Gasteiger partial charge is 0.401 e. The number of fused-ring (bicyclic) bond motifs is 1. The highest BCUT2D eigenvalue weighted by Crippen LogP contribution is 2.20. The number of nitrogens with zero attached hydrogens (tertiary/aromatic N) is 4. The zero-order chi connectivity index (χ0) is 16.5. The van der Waals surface area contributed by atoms with Crippen molar-refractivity contribution in [3.63, 3.8) is 0 Å². The summed E-state index contributed by atoms with van der Waals surface area (Å²) in [7, 11) is 1.77. The van der Waals surface area contributed by atoms with Crippen LogP contribution in [0.5, 0.6) is 0 Å². The Morgan fingerprint density at radius 3 is 2.71 bits per heavy atom. The highest BCUT2D eigenvalue weighted by atomic mass is 16.4. The first-order valence-corrected chi connectivity index (χ1v) is 7.33. The van der Waals surface area contributed by atoms with E-state index in [-0.39, 0.29) is 11.9 Å². The first-order chi connectivity index (χ1) is 11.7. The van der Waals surface area contributed by atoms with E-state index >= 15 is 0 Å². The molecule has 0 saturated heterocycles. The van der Waals surface area contributed by atoms with Crippen LogP contribution in [0.4, 0.5) is 6.01 Å². The standard InChI is InChI=1S/C17H13N5O2/c1-22-14(8-9-18-22)16-20-21-17(24-16)19-15(23)13-7-6-11-4-2-3-5-12(11)10-13/h2-10H,1H3,(H,19,21,23). The number of aromatic nitrogens is 4. The molecule has 0 spiro atoms. The van der Waals surface area contributed by atoms with Crippen LogP contribution in [-0.2, 0) is 7.05 Å². The van der Waals surface area contributed by atoms with Crippen molar-refractivity contribution in [3.8, 4) is 11.6 Å². The fourth-order valence-corrected chi connectivity index (χ4v) is 2.46. The maximum absolute atomic E-state index is 12.4. The van der Waals surface area contributed by atoms with E-state index in [4.69, 9.17) is 4.42 Å². The number of anilines is 1. The molecule has 0 unspecified atom stereocenters. The minimum Gasteiger partial charge on any atom is -0.401 e. The second-order valence-electron chi connectivity index (χ2n) is 5.27. The average molecular weight is 319 g/mol. The van der Waals surface area contributed by atoms with Gasteiger partial charge in [-0.2, -0.15) is 5.10 Å². The molecule has 0 fully saturated rings. The Hall–Kier alpha value is -3.48. The number of nitrogens with one attached hydrogen (secondary N) is 1. The molecule has 0 radical (unpaired) electrons. The summed E-state index contributed by atoms with van der Waals surface area (Å²) in [5, 5.41) is 16.5. The lowest BCUT2D eigenvalue weighted by molar-refractivity contribution is 0.102. The fraction of sp³-hybridized carbons (Fsp3) is 0.0588. The topological polar surface area (TPSA) is 85.8 Å². The minimum atomic E-state index is -0.305. The van der Waals surface area contributed by atoms with Crippen molar-refractivity contribution in [1.82, 2.24) is 20.0 Å². The maximum atomic E-state index is 12.4. The Bertz CT molecular complexity index is 1030. The summed E-state index contributed by atoms with van der Waals surface area (Å²) in [6.07, 6.45) is 1.63. The number of amides is 1. The molecule has 2 aromatic carbocycles. The normalized spacial score (nSPS) is 10.9. The second-order valence-corrected chi connectivity index (χ2v) is 5.27. The summed E-state index contributed by atoms with van der Waals surface area (Å²) in [5.74, 6) is -0.00947. The van der Waals surface area contributed by atoms with E-state index in [2.05, 4.69) is 20.6 Å². The summed E-state index contributed by atoms with van der Waals surface area (Å²) in [6, 6.07) is 15.1. The van der Waals surface area contributed by atoms with Gasteiger partial charge in [-0.15, -0.1) is 5.10 Å². The molecule has 118 valence electrons. The van der Waals surface area contributed by atoms with Crippen LogP contribution in [0.3, 0.4) is 0 Å². The first-order valence-electron chi connectivity index (χ1n) is 7.33. The molecule has 0 atom stereocenters. The summed E-state index contributed by atoms with van der Waals surface area (Å²) in [6.45, 7) is 0. The molecule has 4 rings (SSSR count). The van der Waals surface area contributed by atoms with Crippen molar-refractivity contribution in [2.45, 2.75) is 0 Å². The first kappa shape index (κ1) is 14.1. The van der Waals surface area contributed by atoms with E-state index in [1.54, 1.807) is 30.1 Å². The zero-order valence-electron chi connectivity index (χ0n) is 12.8. The third-order valence-electron chi connectivity index (χ3n) is 3.70. The third kappa shape index (κ3) is 2.52. The Labute approximate surface area is 136 Å². The van der Waals surface area contributed by atoms with Crippen molar-refractivity contribution in [2.24, 2.45) is 7.05 Å². The van der Waals surface area contributed by atoms with E-state index in [0.29, 0.717) is 17.1 Å². The molecule has 1 amide bonds. The summed E-state index contributed by atoms with van der Waals surface area (Å²) in [5.41, 5.74) is 1.20. The van der Waals surface area contributed by atoms with Gasteiger partial charge in [0.2, 0.25) is 0 Å². The molecule has 0 aliphatic heterocycles. The number of carbonyl (C=O) groups excluding carboxylic acids is 1. The van der Waals surface area contributed by atoms with E-state index in [0.717, 1.165) is 10.8 Å². The highest BCUT2D eigenvalue weighted by molar-refractivity contribution is 6.05. The van der Waals surface area contributed by atoms with Crippen LogP contribution in [0.2, 0.25) is 0 Å². The van der Waals surface area contributed by atoms with Crippen molar-refractivity contribution in [3.05, 3.63) is 60.3 Å². The van der Waals surface area contributed by atoms with Gasteiger partial charge in [-0.05, 0) is 29.0 Å².